The molecule has 0 bridgehead atoms. The lowest BCUT2D eigenvalue weighted by Crippen LogP contribution is -2.14. The number of sulfonamides is 1. The first-order valence-corrected chi connectivity index (χ1v) is 10.2. The van der Waals surface area contributed by atoms with Gasteiger partial charge >= 0.3 is 0 Å². The number of ether oxygens (including phenoxy) is 1. The highest BCUT2D eigenvalue weighted by molar-refractivity contribution is 7.92. The van der Waals surface area contributed by atoms with E-state index in [-0.39, 0.29) is 26.6 Å². The molecular weight excluding hydrogens is 449 g/mol. The molecule has 0 atom stereocenters. The van der Waals surface area contributed by atoms with Crippen molar-refractivity contribution in [2.24, 2.45) is 0 Å². The number of hydrogen-bond donors (Lipinski definition) is 2. The van der Waals surface area contributed by atoms with Crippen LogP contribution in [0.15, 0.2) is 47.6 Å². The van der Waals surface area contributed by atoms with Crippen LogP contribution in [-0.4, -0.2) is 23.5 Å². The number of nitrogens with zero attached hydrogens (tertiary/aromatic N) is 2. The van der Waals surface area contributed by atoms with Crippen LogP contribution in [0.1, 0.15) is 5.69 Å². The Hall–Kier alpha value is -2.26. The lowest BCUT2D eigenvalue weighted by atomic mass is 10.3. The van der Waals surface area contributed by atoms with E-state index in [0.717, 1.165) is 6.07 Å². The Balaban J connectivity index is 2.03. The Bertz CT molecular complexity index is 1160. The fourth-order valence-corrected chi connectivity index (χ4v) is 4.17. The van der Waals surface area contributed by atoms with Crippen LogP contribution in [0.25, 0.3) is 0 Å². The van der Waals surface area contributed by atoms with Crippen molar-refractivity contribution in [1.29, 1.82) is 0 Å². The Morgan fingerprint density at radius 2 is 1.86 bits per heavy atom. The van der Waals surface area contributed by atoms with Gasteiger partial charge in [0.15, 0.2) is 11.5 Å². The van der Waals surface area contributed by atoms with Crippen molar-refractivity contribution >= 4 is 50.5 Å². The smallest absolute Gasteiger partial charge is 0.265 e. The summed E-state index contributed by atoms with van der Waals surface area (Å²) in [5, 5.41) is 10.0. The monoisotopic (exact) mass is 459 g/mol. The second-order valence-corrected chi connectivity index (χ2v) is 8.47. The lowest BCUT2D eigenvalue weighted by molar-refractivity contribution is 0.457. The van der Waals surface area contributed by atoms with E-state index in [2.05, 4.69) is 14.7 Å². The van der Waals surface area contributed by atoms with Gasteiger partial charge in [-0.05, 0) is 37.3 Å². The third-order valence-electron chi connectivity index (χ3n) is 3.51. The minimum absolute atomic E-state index is 0.0369. The molecule has 146 valence electrons. The summed E-state index contributed by atoms with van der Waals surface area (Å²) in [5.41, 5.74) is 0.526. The molecule has 0 aliphatic heterocycles. The maximum absolute atomic E-state index is 12.8. The lowest BCUT2D eigenvalue weighted by Gasteiger charge is -2.14. The molecule has 0 aliphatic rings. The van der Waals surface area contributed by atoms with Crippen LogP contribution < -0.4 is 9.46 Å². The first-order valence-electron chi connectivity index (χ1n) is 7.63. The van der Waals surface area contributed by atoms with Crippen molar-refractivity contribution < 1.29 is 18.3 Å². The van der Waals surface area contributed by atoms with Crippen LogP contribution in [0.4, 0.5) is 5.69 Å². The van der Waals surface area contributed by atoms with Gasteiger partial charge in [0.25, 0.3) is 10.0 Å². The molecular formula is C17H12Cl3N3O4S. The van der Waals surface area contributed by atoms with Gasteiger partial charge in [-0.1, -0.05) is 34.8 Å². The van der Waals surface area contributed by atoms with Gasteiger partial charge < -0.3 is 9.84 Å². The molecule has 7 nitrogen and oxygen atoms in total. The first-order chi connectivity index (χ1) is 13.2. The second kappa shape index (κ2) is 8.00. The summed E-state index contributed by atoms with van der Waals surface area (Å²) in [4.78, 5) is 7.62. The van der Waals surface area contributed by atoms with E-state index in [9.17, 15) is 13.5 Å². The number of halogens is 3. The molecule has 0 saturated carbocycles. The Morgan fingerprint density at radius 3 is 2.57 bits per heavy atom. The van der Waals surface area contributed by atoms with E-state index in [0.29, 0.717) is 11.4 Å². The highest BCUT2D eigenvalue weighted by Crippen LogP contribution is 2.37. The maximum Gasteiger partial charge on any atom is 0.265 e. The van der Waals surface area contributed by atoms with E-state index in [4.69, 9.17) is 39.5 Å². The summed E-state index contributed by atoms with van der Waals surface area (Å²) in [7, 11) is -4.29. The van der Waals surface area contributed by atoms with Gasteiger partial charge in [0, 0.05) is 17.4 Å². The molecule has 3 aromatic rings. The summed E-state index contributed by atoms with van der Waals surface area (Å²) < 4.78 is 33.5. The Labute approximate surface area is 175 Å². The fourth-order valence-electron chi connectivity index (χ4n) is 2.21. The number of nitrogens with one attached hydrogen (secondary N) is 1. The minimum Gasteiger partial charge on any atom is -0.505 e. The summed E-state index contributed by atoms with van der Waals surface area (Å²) in [6, 6.07) is 6.91. The van der Waals surface area contributed by atoms with E-state index in [1.807, 2.05) is 0 Å². The minimum atomic E-state index is -4.29. The van der Waals surface area contributed by atoms with Gasteiger partial charge in [0.05, 0.1) is 15.7 Å². The third kappa shape index (κ3) is 4.41. The molecule has 0 radical (unpaired) electrons. The van der Waals surface area contributed by atoms with Crippen molar-refractivity contribution in [3.05, 3.63) is 63.5 Å². The summed E-state index contributed by atoms with van der Waals surface area (Å²) in [6.07, 6.45) is 2.89. The van der Waals surface area contributed by atoms with Crippen molar-refractivity contribution in [3.8, 4) is 17.4 Å². The zero-order valence-corrected chi connectivity index (χ0v) is 17.2. The van der Waals surface area contributed by atoms with Crippen LogP contribution in [0, 0.1) is 6.92 Å². The van der Waals surface area contributed by atoms with Crippen molar-refractivity contribution in [1.82, 2.24) is 9.97 Å². The number of benzene rings is 1. The zero-order valence-electron chi connectivity index (χ0n) is 14.1. The average Bonchev–Trinajstić information content (AvgIpc) is 2.61. The van der Waals surface area contributed by atoms with E-state index in [1.165, 1.54) is 18.3 Å². The average molecular weight is 461 g/mol. The molecule has 11 heteroatoms. The highest BCUT2D eigenvalue weighted by Gasteiger charge is 2.24. The predicted molar refractivity (Wildman–Crippen MR) is 107 cm³/mol. The van der Waals surface area contributed by atoms with E-state index in [1.54, 1.807) is 25.3 Å². The molecule has 0 aliphatic carbocycles. The quantitative estimate of drug-likeness (QED) is 0.553. The number of anilines is 1. The van der Waals surface area contributed by atoms with Gasteiger partial charge in [-0.2, -0.15) is 0 Å². The van der Waals surface area contributed by atoms with Gasteiger partial charge in [0.1, 0.15) is 10.6 Å². The van der Waals surface area contributed by atoms with Crippen molar-refractivity contribution in [2.45, 2.75) is 11.8 Å². The van der Waals surface area contributed by atoms with E-state index < -0.39 is 20.7 Å². The molecule has 1 aromatic carbocycles. The molecule has 2 aromatic heterocycles. The van der Waals surface area contributed by atoms with Crippen LogP contribution in [0.5, 0.6) is 17.4 Å². The highest BCUT2D eigenvalue weighted by atomic mass is 35.5. The number of phenolic OH excluding ortho intramolecular Hbond substituents is 1. The number of rotatable bonds is 5. The number of aromatic hydroxyl groups is 1. The van der Waals surface area contributed by atoms with Crippen LogP contribution >= 0.6 is 34.8 Å². The van der Waals surface area contributed by atoms with Gasteiger partial charge in [0.2, 0.25) is 5.88 Å². The zero-order chi connectivity index (χ0) is 20.5. The molecule has 0 saturated heterocycles. The van der Waals surface area contributed by atoms with Crippen LogP contribution in [-0.2, 0) is 10.0 Å². The molecule has 0 amide bonds. The number of aromatic nitrogens is 2. The molecule has 3 rings (SSSR count). The van der Waals surface area contributed by atoms with Crippen molar-refractivity contribution in [2.75, 3.05) is 4.72 Å². The number of aryl methyl sites for hydroxylation is 1. The summed E-state index contributed by atoms with van der Waals surface area (Å²) >= 11 is 17.6. The predicted octanol–water partition coefficient (Wildman–Crippen LogP) is 5.04. The molecule has 0 spiro atoms. The van der Waals surface area contributed by atoms with E-state index >= 15 is 0 Å². The number of hydrogen-bond acceptors (Lipinski definition) is 6. The molecule has 0 unspecified atom stereocenters. The molecule has 2 N–H and O–H groups in total. The SMILES string of the molecule is Cc1ncccc1Oc1ncc(Cl)cc1NS(=O)(=O)c1cc(Cl)cc(Cl)c1O. The molecule has 2 heterocycles. The third-order valence-corrected chi connectivity index (χ3v) is 5.60. The normalized spacial score (nSPS) is 11.3. The van der Waals surface area contributed by atoms with Gasteiger partial charge in [-0.3, -0.25) is 9.71 Å². The standard InChI is InChI=1S/C17H12Cl3N3O4S/c1-9-14(3-2-4-21-9)27-17-13(6-11(19)8-22-17)23-28(25,26)15-7-10(18)5-12(20)16(15)24/h2-8,23-24H,1H3. The Morgan fingerprint density at radius 1 is 1.11 bits per heavy atom. The first kappa shape index (κ1) is 20.5. The summed E-state index contributed by atoms with van der Waals surface area (Å²) in [6.45, 7) is 1.72. The van der Waals surface area contributed by atoms with Crippen LogP contribution in [0.3, 0.4) is 0 Å². The van der Waals surface area contributed by atoms with Gasteiger partial charge in [-0.25, -0.2) is 13.4 Å². The second-order valence-electron chi connectivity index (χ2n) is 5.54. The largest absolute Gasteiger partial charge is 0.505 e. The topological polar surface area (TPSA) is 101 Å². The van der Waals surface area contributed by atoms with Crippen LogP contribution in [0.2, 0.25) is 15.1 Å². The number of pyridine rings is 2. The van der Waals surface area contributed by atoms with Crippen molar-refractivity contribution in [3.63, 3.8) is 0 Å². The van der Waals surface area contributed by atoms with Gasteiger partial charge in [-0.15, -0.1) is 0 Å². The Kier molecular flexibility index (Phi) is 5.85. The molecule has 0 fully saturated rings. The molecule has 28 heavy (non-hydrogen) atoms. The maximum atomic E-state index is 12.8. The summed E-state index contributed by atoms with van der Waals surface area (Å²) in [5.74, 6) is -0.317. The number of phenols is 1. The fraction of sp³-hybridized carbons (Fsp3) is 0.0588.